The molecule has 0 fully saturated rings. The van der Waals surface area contributed by atoms with Crippen molar-refractivity contribution in [3.8, 4) is 23.0 Å². The molecule has 0 saturated carbocycles. The maximum atomic E-state index is 13.7. The van der Waals surface area contributed by atoms with Crippen LogP contribution in [0.3, 0.4) is 0 Å². The van der Waals surface area contributed by atoms with Crippen LogP contribution < -0.4 is 23.8 Å². The fraction of sp³-hybridized carbons (Fsp3) is 0.290. The van der Waals surface area contributed by atoms with Crippen LogP contribution in [0.4, 0.5) is 23.7 Å². The van der Waals surface area contributed by atoms with E-state index in [1.54, 1.807) is 69.3 Å². The molecular formula is C31H32F3NO7. The third-order valence-corrected chi connectivity index (χ3v) is 5.58. The molecule has 0 atom stereocenters. The molecule has 0 aromatic heterocycles. The molecule has 0 saturated heterocycles. The second-order valence-electron chi connectivity index (χ2n) is 9.94. The third kappa shape index (κ3) is 8.18. The quantitative estimate of drug-likeness (QED) is 0.137. The first-order valence-electron chi connectivity index (χ1n) is 12.8. The van der Waals surface area contributed by atoms with E-state index in [-0.39, 0.29) is 35.9 Å². The van der Waals surface area contributed by atoms with Crippen LogP contribution in [0.25, 0.3) is 0 Å². The molecule has 0 aliphatic rings. The molecule has 0 N–H and O–H groups in total. The van der Waals surface area contributed by atoms with Crippen LogP contribution in [0.2, 0.25) is 0 Å². The molecule has 0 unspecified atom stereocenters. The summed E-state index contributed by atoms with van der Waals surface area (Å²) < 4.78 is 68.1. The van der Waals surface area contributed by atoms with Gasteiger partial charge >= 0.3 is 18.4 Å². The number of carbonyl (C=O) groups is 2. The Bertz CT molecular complexity index is 1400. The predicted molar refractivity (Wildman–Crippen MR) is 150 cm³/mol. The van der Waals surface area contributed by atoms with Crippen LogP contribution >= 0.6 is 0 Å². The zero-order chi connectivity index (χ0) is 31.1. The van der Waals surface area contributed by atoms with Gasteiger partial charge in [-0.05, 0) is 45.4 Å². The highest BCUT2D eigenvalue weighted by Gasteiger charge is 2.40. The second-order valence-corrected chi connectivity index (χ2v) is 9.94. The van der Waals surface area contributed by atoms with Crippen molar-refractivity contribution in [1.82, 2.24) is 0 Å². The zero-order valence-corrected chi connectivity index (χ0v) is 23.9. The van der Waals surface area contributed by atoms with Crippen LogP contribution in [0.15, 0.2) is 73.3 Å². The molecule has 224 valence electrons. The number of amides is 1. The Labute approximate surface area is 242 Å². The van der Waals surface area contributed by atoms with Gasteiger partial charge in [0.15, 0.2) is 17.2 Å². The van der Waals surface area contributed by atoms with E-state index in [0.29, 0.717) is 5.56 Å². The number of anilines is 1. The monoisotopic (exact) mass is 587 g/mol. The maximum Gasteiger partial charge on any atom is 0.573 e. The van der Waals surface area contributed by atoms with Crippen LogP contribution in [0.5, 0.6) is 23.0 Å². The topological polar surface area (TPSA) is 83.5 Å². The Balaban J connectivity index is 2.38. The number of ether oxygens (including phenoxy) is 5. The third-order valence-electron chi connectivity index (χ3n) is 5.58. The van der Waals surface area contributed by atoms with Crippen molar-refractivity contribution in [2.45, 2.75) is 46.3 Å². The van der Waals surface area contributed by atoms with Crippen LogP contribution in [0.1, 0.15) is 42.3 Å². The Kier molecular flexibility index (Phi) is 10.1. The number of halogens is 3. The fourth-order valence-electron chi connectivity index (χ4n) is 3.92. The molecule has 1 amide bonds. The summed E-state index contributed by atoms with van der Waals surface area (Å²) in [6.45, 7) is 9.38. The predicted octanol–water partition coefficient (Wildman–Crippen LogP) is 7.63. The number of nitrogens with zero attached hydrogens (tertiary/aromatic N) is 1. The van der Waals surface area contributed by atoms with Crippen molar-refractivity contribution in [2.75, 3.05) is 18.6 Å². The van der Waals surface area contributed by atoms with Gasteiger partial charge in [0.2, 0.25) is 0 Å². The highest BCUT2D eigenvalue weighted by Crippen LogP contribution is 2.52. The molecule has 3 aromatic carbocycles. The normalized spacial score (nSPS) is 11.3. The number of benzene rings is 3. The van der Waals surface area contributed by atoms with Gasteiger partial charge in [0.25, 0.3) is 0 Å². The van der Waals surface area contributed by atoms with Crippen molar-refractivity contribution >= 4 is 17.7 Å². The summed E-state index contributed by atoms with van der Waals surface area (Å²) in [4.78, 5) is 28.1. The Morgan fingerprint density at radius 2 is 1.52 bits per heavy atom. The van der Waals surface area contributed by atoms with Gasteiger partial charge in [-0.1, -0.05) is 54.6 Å². The van der Waals surface area contributed by atoms with Gasteiger partial charge in [-0.15, -0.1) is 19.8 Å². The van der Waals surface area contributed by atoms with Gasteiger partial charge in [0, 0.05) is 12.1 Å². The van der Waals surface area contributed by atoms with E-state index in [1.165, 1.54) is 25.1 Å². The lowest BCUT2D eigenvalue weighted by Gasteiger charge is -2.31. The van der Waals surface area contributed by atoms with Gasteiger partial charge in [0.05, 0.1) is 7.11 Å². The van der Waals surface area contributed by atoms with E-state index in [1.807, 2.05) is 0 Å². The first-order chi connectivity index (χ1) is 19.8. The van der Waals surface area contributed by atoms with Gasteiger partial charge < -0.3 is 23.7 Å². The summed E-state index contributed by atoms with van der Waals surface area (Å²) in [5.41, 5.74) is -1.36. The zero-order valence-electron chi connectivity index (χ0n) is 23.9. The Morgan fingerprint density at radius 3 is 2.05 bits per heavy atom. The van der Waals surface area contributed by atoms with Crippen molar-refractivity contribution in [1.29, 1.82) is 0 Å². The lowest BCUT2D eigenvalue weighted by atomic mass is 10.0. The molecule has 3 rings (SSSR count). The molecular weight excluding hydrogens is 555 g/mol. The largest absolute Gasteiger partial charge is 0.573 e. The number of methoxy groups -OCH3 is 1. The van der Waals surface area contributed by atoms with E-state index >= 15 is 0 Å². The molecule has 42 heavy (non-hydrogen) atoms. The SMILES string of the molecule is C=CCN(C(=O)OC(C)(C)C)c1c(OC)c(OC(F)(F)F)c(C)c(C(=O)Oc2ccccc2)c1OCc1ccccc1. The van der Waals surface area contributed by atoms with Crippen LogP contribution in [0, 0.1) is 6.92 Å². The minimum Gasteiger partial charge on any atom is -0.491 e. The Morgan fingerprint density at radius 1 is 0.929 bits per heavy atom. The van der Waals surface area contributed by atoms with Gasteiger partial charge in [-0.25, -0.2) is 9.59 Å². The maximum absolute atomic E-state index is 13.7. The average molecular weight is 588 g/mol. The summed E-state index contributed by atoms with van der Waals surface area (Å²) in [7, 11) is 1.10. The van der Waals surface area contributed by atoms with Gasteiger partial charge in [-0.3, -0.25) is 4.90 Å². The van der Waals surface area contributed by atoms with Crippen molar-refractivity contribution in [2.24, 2.45) is 0 Å². The van der Waals surface area contributed by atoms with Crippen molar-refractivity contribution in [3.05, 3.63) is 90.0 Å². The molecule has 3 aromatic rings. The number of alkyl halides is 3. The molecule has 0 aliphatic carbocycles. The molecule has 0 aliphatic heterocycles. The van der Waals surface area contributed by atoms with E-state index in [0.717, 1.165) is 12.0 Å². The van der Waals surface area contributed by atoms with E-state index in [4.69, 9.17) is 18.9 Å². The number of rotatable bonds is 10. The lowest BCUT2D eigenvalue weighted by molar-refractivity contribution is -0.275. The first-order valence-corrected chi connectivity index (χ1v) is 12.8. The summed E-state index contributed by atoms with van der Waals surface area (Å²) >= 11 is 0. The molecule has 0 radical (unpaired) electrons. The van der Waals surface area contributed by atoms with E-state index in [9.17, 15) is 22.8 Å². The summed E-state index contributed by atoms with van der Waals surface area (Å²) in [6.07, 6.45) is -4.82. The summed E-state index contributed by atoms with van der Waals surface area (Å²) in [6, 6.07) is 16.8. The summed E-state index contributed by atoms with van der Waals surface area (Å²) in [5.74, 6) is -2.58. The Hall–Kier alpha value is -4.67. The number of para-hydroxylation sites is 1. The minimum atomic E-state index is -5.18. The number of hydrogen-bond acceptors (Lipinski definition) is 7. The standard InChI is InChI=1S/C31H32F3NO7/c1-7-18-35(29(37)42-30(3,4)5)24-26(39-19-21-14-10-8-11-15-21)23(28(36)40-22-16-12-9-13-17-22)20(2)25(27(24)38-6)41-31(32,33)34/h7-17H,1,18-19H2,2-6H3. The number of esters is 1. The highest BCUT2D eigenvalue weighted by atomic mass is 19.4. The molecule has 8 nitrogen and oxygen atoms in total. The number of hydrogen-bond donors (Lipinski definition) is 0. The van der Waals surface area contributed by atoms with Crippen LogP contribution in [-0.4, -0.2) is 37.7 Å². The van der Waals surface area contributed by atoms with Gasteiger partial charge in [0.1, 0.15) is 29.2 Å². The average Bonchev–Trinajstić information content (AvgIpc) is 2.91. The fourth-order valence-corrected chi connectivity index (χ4v) is 3.92. The minimum absolute atomic E-state index is 0.127. The van der Waals surface area contributed by atoms with Crippen molar-refractivity contribution < 1.29 is 46.4 Å². The van der Waals surface area contributed by atoms with Crippen LogP contribution in [-0.2, 0) is 11.3 Å². The number of carbonyl (C=O) groups excluding carboxylic acids is 2. The lowest BCUT2D eigenvalue weighted by Crippen LogP contribution is -2.38. The van der Waals surface area contributed by atoms with Crippen molar-refractivity contribution in [3.63, 3.8) is 0 Å². The first kappa shape index (κ1) is 31.9. The van der Waals surface area contributed by atoms with Gasteiger partial charge in [-0.2, -0.15) is 0 Å². The molecule has 0 bridgehead atoms. The molecule has 11 heteroatoms. The van der Waals surface area contributed by atoms with E-state index < -0.39 is 41.1 Å². The molecule has 0 heterocycles. The molecule has 0 spiro atoms. The van der Waals surface area contributed by atoms with E-state index in [2.05, 4.69) is 11.3 Å². The highest BCUT2D eigenvalue weighted by molar-refractivity contribution is 6.03. The summed E-state index contributed by atoms with van der Waals surface area (Å²) in [5, 5.41) is 0. The smallest absolute Gasteiger partial charge is 0.491 e. The second kappa shape index (κ2) is 13.3.